The first-order valence-corrected chi connectivity index (χ1v) is 12.4. The minimum absolute atomic E-state index is 0. The topological polar surface area (TPSA) is 0 Å². The summed E-state index contributed by atoms with van der Waals surface area (Å²) in [5.74, 6) is 1.80. The Morgan fingerprint density at radius 2 is 1.07 bits per heavy atom. The van der Waals surface area contributed by atoms with Crippen molar-refractivity contribution in [3.63, 3.8) is 0 Å². The number of aryl methyl sites for hydroxylation is 1. The highest BCUT2D eigenvalue weighted by atomic mass is 79.9. The maximum atomic E-state index is 4.52. The van der Waals surface area contributed by atoms with Gasteiger partial charge in [-0.3, -0.25) is 0 Å². The van der Waals surface area contributed by atoms with E-state index >= 15 is 0 Å². The highest BCUT2D eigenvalue weighted by Gasteiger charge is 2.44. The van der Waals surface area contributed by atoms with Crippen LogP contribution >= 0.6 is 32.5 Å². The Morgan fingerprint density at radius 3 is 1.52 bits per heavy atom. The fourth-order valence-electron chi connectivity index (χ4n) is 3.55. The fraction of sp³-hybridized carbons (Fsp3) is 0.217. The molecule has 0 fully saturated rings. The van der Waals surface area contributed by atoms with Gasteiger partial charge in [-0.1, -0.05) is 48.5 Å². The number of halogens is 1. The van der Waals surface area contributed by atoms with E-state index in [2.05, 4.69) is 110 Å². The maximum absolute atomic E-state index is 4.52. The molecule has 0 atom stereocenters. The summed E-state index contributed by atoms with van der Waals surface area (Å²) in [6.45, 7) is 0. The van der Waals surface area contributed by atoms with Crippen LogP contribution in [0.25, 0.3) is 0 Å². The summed E-state index contributed by atoms with van der Waals surface area (Å²) in [7, 11) is -1.68. The van der Waals surface area contributed by atoms with Crippen LogP contribution in [0.4, 0.5) is 0 Å². The molecule has 0 amide bonds. The van der Waals surface area contributed by atoms with Crippen molar-refractivity contribution < 1.29 is 17.0 Å². The van der Waals surface area contributed by atoms with Gasteiger partial charge in [0.2, 0.25) is 0 Å². The highest BCUT2D eigenvalue weighted by molar-refractivity contribution is 7.95. The van der Waals surface area contributed by atoms with Gasteiger partial charge in [-0.2, -0.15) is 25.3 Å². The van der Waals surface area contributed by atoms with Gasteiger partial charge in [0.1, 0.15) is 23.2 Å². The van der Waals surface area contributed by atoms with E-state index in [9.17, 15) is 0 Å². The molecule has 0 aromatic heterocycles. The molecule has 0 N–H and O–H groups in total. The molecule has 4 heteroatoms. The zero-order chi connectivity index (χ0) is 18.2. The Hall–Kier alpha value is -0.730. The van der Waals surface area contributed by atoms with Crippen molar-refractivity contribution in [3.05, 3.63) is 90.5 Å². The summed E-state index contributed by atoms with van der Waals surface area (Å²) < 4.78 is 0. The molecular formula is C23H26BrPS2. The summed E-state index contributed by atoms with van der Waals surface area (Å²) in [6.07, 6.45) is 3.28. The molecule has 3 rings (SSSR count). The molecule has 27 heavy (non-hydrogen) atoms. The third kappa shape index (κ3) is 5.21. The third-order valence-corrected chi connectivity index (χ3v) is 9.89. The van der Waals surface area contributed by atoms with Crippen LogP contribution < -0.4 is 32.9 Å². The average molecular weight is 477 g/mol. The van der Waals surface area contributed by atoms with Gasteiger partial charge >= 0.3 is 0 Å². The van der Waals surface area contributed by atoms with Gasteiger partial charge in [0, 0.05) is 0 Å². The van der Waals surface area contributed by atoms with E-state index < -0.39 is 7.26 Å². The fourth-order valence-corrected chi connectivity index (χ4v) is 8.54. The van der Waals surface area contributed by atoms with E-state index in [0.29, 0.717) is 0 Å². The second-order valence-corrected chi connectivity index (χ2v) is 10.9. The molecule has 0 heterocycles. The molecule has 0 aliphatic rings. The molecule has 3 aromatic rings. The minimum Gasteiger partial charge on any atom is -1.00 e. The van der Waals surface area contributed by atoms with Crippen molar-refractivity contribution in [3.8, 4) is 0 Å². The quantitative estimate of drug-likeness (QED) is 0.359. The molecule has 0 radical (unpaired) electrons. The molecule has 142 valence electrons. The smallest absolute Gasteiger partial charge is 0.112 e. The van der Waals surface area contributed by atoms with E-state index in [-0.39, 0.29) is 17.0 Å². The molecule has 0 saturated carbocycles. The predicted octanol–water partition coefficient (Wildman–Crippen LogP) is 1.78. The van der Waals surface area contributed by atoms with E-state index in [1.54, 1.807) is 0 Å². The average Bonchev–Trinajstić information content (AvgIpc) is 2.71. The van der Waals surface area contributed by atoms with Gasteiger partial charge in [0.25, 0.3) is 0 Å². The molecule has 0 aliphatic carbocycles. The molecule has 0 nitrogen and oxygen atoms in total. The normalized spacial score (nSPS) is 11.0. The first kappa shape index (κ1) is 22.6. The molecular weight excluding hydrogens is 451 g/mol. The Morgan fingerprint density at radius 1 is 0.593 bits per heavy atom. The molecule has 0 saturated heterocycles. The van der Waals surface area contributed by atoms with E-state index in [1.807, 2.05) is 0 Å². The van der Waals surface area contributed by atoms with Gasteiger partial charge in [-0.25, -0.2) is 0 Å². The van der Waals surface area contributed by atoms with Gasteiger partial charge < -0.3 is 17.0 Å². The van der Waals surface area contributed by atoms with Crippen LogP contribution in [0.15, 0.2) is 84.9 Å². The van der Waals surface area contributed by atoms with Crippen LogP contribution in [0.2, 0.25) is 0 Å². The summed E-state index contributed by atoms with van der Waals surface area (Å²) >= 11 is 8.90. The van der Waals surface area contributed by atoms with E-state index in [4.69, 9.17) is 0 Å². The number of hydrogen-bond acceptors (Lipinski definition) is 2. The van der Waals surface area contributed by atoms with Crippen LogP contribution in [0.5, 0.6) is 0 Å². The van der Waals surface area contributed by atoms with Crippen LogP contribution in [0.1, 0.15) is 12.0 Å². The maximum Gasteiger partial charge on any atom is 0.112 e. The lowest BCUT2D eigenvalue weighted by atomic mass is 10.2. The number of thiol groups is 2. The summed E-state index contributed by atoms with van der Waals surface area (Å²) in [6, 6.07) is 31.4. The molecule has 0 unspecified atom stereocenters. The first-order valence-electron chi connectivity index (χ1n) is 9.12. The van der Waals surface area contributed by atoms with Gasteiger partial charge in [0.05, 0.1) is 6.16 Å². The number of hydrogen-bond donors (Lipinski definition) is 2. The zero-order valence-corrected chi connectivity index (χ0v) is 19.6. The number of rotatable bonds is 8. The monoisotopic (exact) mass is 476 g/mol. The lowest BCUT2D eigenvalue weighted by molar-refractivity contribution is -0.00000491. The standard InChI is InChI=1S/C23H25PS2.BrH/c25-18-7-17-24(21-8-3-1-4-9-21,22-10-5-2-6-11-22)23-14-12-20(13-15-23)16-19-26;/h1-6,8-15H,7,16-19H2,(H-,25,26);1H. The van der Waals surface area contributed by atoms with Crippen molar-refractivity contribution in [1.82, 2.24) is 0 Å². The van der Waals surface area contributed by atoms with Crippen molar-refractivity contribution >= 4 is 48.4 Å². The van der Waals surface area contributed by atoms with E-state index in [0.717, 1.165) is 30.5 Å². The predicted molar refractivity (Wildman–Crippen MR) is 126 cm³/mol. The summed E-state index contributed by atoms with van der Waals surface area (Å²) in [5.41, 5.74) is 1.36. The molecule has 0 spiro atoms. The highest BCUT2D eigenvalue weighted by Crippen LogP contribution is 2.55. The Bertz CT molecular complexity index is 752. The Balaban J connectivity index is 0.00000261. The lowest BCUT2D eigenvalue weighted by Crippen LogP contribution is -3.00. The third-order valence-electron chi connectivity index (χ3n) is 4.82. The van der Waals surface area contributed by atoms with Gasteiger partial charge in [-0.05, 0) is 66.3 Å². The Labute approximate surface area is 185 Å². The van der Waals surface area contributed by atoms with Crippen molar-refractivity contribution in [2.24, 2.45) is 0 Å². The summed E-state index contributed by atoms with van der Waals surface area (Å²) in [5, 5.41) is 4.37. The van der Waals surface area contributed by atoms with Crippen LogP contribution in [-0.2, 0) is 6.42 Å². The van der Waals surface area contributed by atoms with Crippen molar-refractivity contribution in [1.29, 1.82) is 0 Å². The zero-order valence-electron chi connectivity index (χ0n) is 15.3. The van der Waals surface area contributed by atoms with Crippen molar-refractivity contribution in [2.75, 3.05) is 17.7 Å². The second kappa shape index (κ2) is 11.3. The van der Waals surface area contributed by atoms with E-state index in [1.165, 1.54) is 21.5 Å². The number of benzene rings is 3. The van der Waals surface area contributed by atoms with Crippen LogP contribution in [0.3, 0.4) is 0 Å². The SMILES string of the molecule is SCCC[P+](c1ccccc1)(c1ccccc1)c1ccc(CCS)cc1.[Br-]. The van der Waals surface area contributed by atoms with Gasteiger partial charge in [0.15, 0.2) is 0 Å². The first-order chi connectivity index (χ1) is 12.8. The molecule has 0 bridgehead atoms. The minimum atomic E-state index is -1.68. The lowest BCUT2D eigenvalue weighted by Gasteiger charge is -2.27. The van der Waals surface area contributed by atoms with Crippen LogP contribution in [-0.4, -0.2) is 17.7 Å². The second-order valence-electron chi connectivity index (χ2n) is 6.42. The molecule has 0 aliphatic heterocycles. The van der Waals surface area contributed by atoms with Crippen LogP contribution in [0, 0.1) is 0 Å². The van der Waals surface area contributed by atoms with Gasteiger partial charge in [-0.15, -0.1) is 0 Å². The summed E-state index contributed by atoms with van der Waals surface area (Å²) in [4.78, 5) is 0. The largest absolute Gasteiger partial charge is 1.00 e. The Kier molecular flexibility index (Phi) is 9.45. The molecule has 3 aromatic carbocycles. The van der Waals surface area contributed by atoms with Crippen molar-refractivity contribution in [2.45, 2.75) is 12.8 Å².